The van der Waals surface area contributed by atoms with Gasteiger partial charge in [0.25, 0.3) is 0 Å². The van der Waals surface area contributed by atoms with Gasteiger partial charge in [0.2, 0.25) is 6.08 Å². The van der Waals surface area contributed by atoms with Gasteiger partial charge in [-0.2, -0.15) is 4.99 Å². The molecule has 0 fully saturated rings. The second kappa shape index (κ2) is 7.25. The molecule has 0 atom stereocenters. The van der Waals surface area contributed by atoms with Gasteiger partial charge < -0.3 is 10.4 Å². The fraction of sp³-hybridized carbons (Fsp3) is 0. The van der Waals surface area contributed by atoms with Crippen molar-refractivity contribution in [2.45, 2.75) is 0 Å². The minimum absolute atomic E-state index is 0.0272. The number of nitrogens with zero attached hydrogens (tertiary/aromatic N) is 1. The quantitative estimate of drug-likeness (QED) is 0.522. The highest BCUT2D eigenvalue weighted by Gasteiger charge is 2.15. The van der Waals surface area contributed by atoms with Gasteiger partial charge in [-0.15, -0.1) is 0 Å². The van der Waals surface area contributed by atoms with Crippen molar-refractivity contribution in [3.05, 3.63) is 78.4 Å². The first-order valence-corrected chi connectivity index (χ1v) is 7.56. The van der Waals surface area contributed by atoms with Gasteiger partial charge in [-0.05, 0) is 23.8 Å². The number of aliphatic imine (C=N–C) groups is 1. The van der Waals surface area contributed by atoms with E-state index in [2.05, 4.69) is 10.3 Å². The van der Waals surface area contributed by atoms with Gasteiger partial charge in [0.1, 0.15) is 5.69 Å². The topological polar surface area (TPSA) is 78.8 Å². The molecule has 25 heavy (non-hydrogen) atoms. The summed E-state index contributed by atoms with van der Waals surface area (Å²) in [4.78, 5) is 25.8. The van der Waals surface area contributed by atoms with Gasteiger partial charge in [-0.25, -0.2) is 9.59 Å². The minimum Gasteiger partial charge on any atom is -0.478 e. The van der Waals surface area contributed by atoms with Crippen molar-refractivity contribution in [1.29, 1.82) is 0 Å². The third-order valence-corrected chi connectivity index (χ3v) is 3.71. The molecule has 5 heteroatoms. The van der Waals surface area contributed by atoms with Gasteiger partial charge >= 0.3 is 5.97 Å². The van der Waals surface area contributed by atoms with Crippen LogP contribution in [0, 0.1) is 0 Å². The zero-order valence-corrected chi connectivity index (χ0v) is 13.1. The van der Waals surface area contributed by atoms with E-state index >= 15 is 0 Å². The lowest BCUT2D eigenvalue weighted by molar-refractivity contribution is 0.0698. The molecule has 0 aromatic heterocycles. The van der Waals surface area contributed by atoms with Crippen LogP contribution < -0.4 is 5.32 Å². The first-order chi connectivity index (χ1) is 12.2. The number of nitrogens with one attached hydrogen (secondary N) is 1. The van der Waals surface area contributed by atoms with Crippen LogP contribution in [0.1, 0.15) is 10.4 Å². The van der Waals surface area contributed by atoms with E-state index < -0.39 is 5.97 Å². The van der Waals surface area contributed by atoms with Crippen LogP contribution >= 0.6 is 0 Å². The number of hydrogen-bond donors (Lipinski definition) is 2. The number of benzene rings is 3. The lowest BCUT2D eigenvalue weighted by Crippen LogP contribution is -2.03. The normalized spacial score (nSPS) is 9.92. The fourth-order valence-electron chi connectivity index (χ4n) is 2.59. The second-order valence-electron chi connectivity index (χ2n) is 5.24. The van der Waals surface area contributed by atoms with Crippen molar-refractivity contribution < 1.29 is 14.7 Å². The number of aromatic carboxylic acids is 1. The summed E-state index contributed by atoms with van der Waals surface area (Å²) >= 11 is 0. The molecule has 0 aliphatic carbocycles. The van der Waals surface area contributed by atoms with Crippen LogP contribution in [0.4, 0.5) is 17.1 Å². The minimum atomic E-state index is -1.11. The molecule has 0 saturated carbocycles. The number of para-hydroxylation sites is 2. The molecule has 0 amide bonds. The monoisotopic (exact) mass is 330 g/mol. The summed E-state index contributed by atoms with van der Waals surface area (Å²) in [6.07, 6.45) is 1.46. The highest BCUT2D eigenvalue weighted by molar-refractivity contribution is 6.00. The Morgan fingerprint density at radius 1 is 0.920 bits per heavy atom. The van der Waals surface area contributed by atoms with Crippen LogP contribution in [0.5, 0.6) is 0 Å². The summed E-state index contributed by atoms with van der Waals surface area (Å²) in [5.74, 6) is -1.11. The molecule has 0 unspecified atom stereocenters. The number of isocyanates is 1. The Labute approximate surface area is 144 Å². The van der Waals surface area contributed by atoms with Crippen LogP contribution in [0.25, 0.3) is 11.1 Å². The molecular weight excluding hydrogens is 316 g/mol. The number of carbonyl (C=O) groups is 1. The van der Waals surface area contributed by atoms with Gasteiger partial charge in [0.15, 0.2) is 0 Å². The van der Waals surface area contributed by atoms with Gasteiger partial charge in [0, 0.05) is 11.3 Å². The Hall–Kier alpha value is -3.69. The Morgan fingerprint density at radius 2 is 1.64 bits per heavy atom. The number of carbonyl (C=O) groups excluding carboxylic acids is 1. The Kier molecular flexibility index (Phi) is 4.69. The third-order valence-electron chi connectivity index (χ3n) is 3.71. The molecular formula is C20H14N2O3. The molecule has 0 aliphatic rings. The van der Waals surface area contributed by atoms with Gasteiger partial charge in [-0.1, -0.05) is 54.6 Å². The summed E-state index contributed by atoms with van der Waals surface area (Å²) in [5.41, 5.74) is 3.10. The highest BCUT2D eigenvalue weighted by Crippen LogP contribution is 2.35. The van der Waals surface area contributed by atoms with E-state index in [1.807, 2.05) is 54.6 Å². The first-order valence-electron chi connectivity index (χ1n) is 7.56. The van der Waals surface area contributed by atoms with E-state index in [1.165, 1.54) is 18.2 Å². The van der Waals surface area contributed by atoms with E-state index in [9.17, 15) is 14.7 Å². The average Bonchev–Trinajstić information content (AvgIpc) is 2.64. The molecule has 0 aliphatic heterocycles. The fourth-order valence-corrected chi connectivity index (χ4v) is 2.59. The zero-order valence-electron chi connectivity index (χ0n) is 13.1. The number of anilines is 2. The third kappa shape index (κ3) is 3.47. The molecule has 5 nitrogen and oxygen atoms in total. The van der Waals surface area contributed by atoms with E-state index in [0.29, 0.717) is 5.69 Å². The predicted molar refractivity (Wildman–Crippen MR) is 96.3 cm³/mol. The Bertz CT molecular complexity index is 941. The van der Waals surface area contributed by atoms with Crippen LogP contribution in [-0.2, 0) is 4.79 Å². The van der Waals surface area contributed by atoms with E-state index in [1.54, 1.807) is 6.07 Å². The summed E-state index contributed by atoms with van der Waals surface area (Å²) < 4.78 is 0. The first kappa shape index (κ1) is 16.2. The average molecular weight is 330 g/mol. The highest BCUT2D eigenvalue weighted by atomic mass is 16.4. The maximum atomic E-state index is 11.5. The van der Waals surface area contributed by atoms with Crippen molar-refractivity contribution in [1.82, 2.24) is 0 Å². The number of carboxylic acids is 1. The largest absolute Gasteiger partial charge is 0.478 e. The van der Waals surface area contributed by atoms with Gasteiger partial charge in [0.05, 0.1) is 11.3 Å². The van der Waals surface area contributed by atoms with E-state index in [0.717, 1.165) is 11.1 Å². The van der Waals surface area contributed by atoms with Crippen LogP contribution in [0.15, 0.2) is 77.8 Å². The van der Waals surface area contributed by atoms with E-state index in [4.69, 9.17) is 0 Å². The van der Waals surface area contributed by atoms with Crippen LogP contribution in [0.2, 0.25) is 0 Å². The lowest BCUT2D eigenvalue weighted by atomic mass is 10.0. The zero-order chi connectivity index (χ0) is 17.6. The number of hydrogen-bond acceptors (Lipinski definition) is 4. The summed E-state index contributed by atoms with van der Waals surface area (Å²) in [6.45, 7) is 0. The molecule has 0 radical (unpaired) electrons. The molecule has 3 aromatic rings. The summed E-state index contributed by atoms with van der Waals surface area (Å²) in [6, 6.07) is 21.8. The molecule has 3 rings (SSSR count). The molecule has 0 heterocycles. The van der Waals surface area contributed by atoms with E-state index in [-0.39, 0.29) is 16.9 Å². The van der Waals surface area contributed by atoms with Crippen LogP contribution in [0.3, 0.4) is 0 Å². The molecule has 0 saturated heterocycles. The standard InChI is InChI=1S/C20H14N2O3/c23-13-21-18-12-6-10-16(20(24)25)19(18)22-17-11-5-4-9-15(17)14-7-2-1-3-8-14/h1-12,22H,(H,24,25). The van der Waals surface area contributed by atoms with Crippen molar-refractivity contribution in [3.63, 3.8) is 0 Å². The molecule has 0 bridgehead atoms. The molecule has 122 valence electrons. The Morgan fingerprint density at radius 3 is 2.36 bits per heavy atom. The van der Waals surface area contributed by atoms with Crippen molar-refractivity contribution in [2.75, 3.05) is 5.32 Å². The Balaban J connectivity index is 2.13. The molecule has 0 spiro atoms. The summed E-state index contributed by atoms with van der Waals surface area (Å²) in [5, 5.41) is 12.6. The summed E-state index contributed by atoms with van der Waals surface area (Å²) in [7, 11) is 0. The number of carboxylic acid groups (broad SMARTS) is 1. The van der Waals surface area contributed by atoms with Crippen molar-refractivity contribution in [3.8, 4) is 11.1 Å². The smallest absolute Gasteiger partial charge is 0.337 e. The van der Waals surface area contributed by atoms with Crippen molar-refractivity contribution in [2.24, 2.45) is 4.99 Å². The lowest BCUT2D eigenvalue weighted by Gasteiger charge is -2.15. The van der Waals surface area contributed by atoms with Crippen LogP contribution in [-0.4, -0.2) is 17.2 Å². The maximum absolute atomic E-state index is 11.5. The molecule has 3 aromatic carbocycles. The maximum Gasteiger partial charge on any atom is 0.337 e. The molecule has 2 N–H and O–H groups in total. The van der Waals surface area contributed by atoms with Gasteiger partial charge in [-0.3, -0.25) is 0 Å². The predicted octanol–water partition coefficient (Wildman–Crippen LogP) is 4.76. The number of rotatable bonds is 5. The van der Waals surface area contributed by atoms with Crippen molar-refractivity contribution >= 4 is 29.1 Å². The second-order valence-corrected chi connectivity index (χ2v) is 5.24. The SMILES string of the molecule is O=C=Nc1cccc(C(=O)O)c1Nc1ccccc1-c1ccccc1.